The van der Waals surface area contributed by atoms with Crippen LogP contribution in [0.3, 0.4) is 0 Å². The van der Waals surface area contributed by atoms with Crippen molar-refractivity contribution in [1.82, 2.24) is 29.9 Å². The maximum Gasteiger partial charge on any atom is 0.336 e. The quantitative estimate of drug-likeness (QED) is 0.465. The molecule has 0 spiro atoms. The Kier molecular flexibility index (Phi) is 5.29. The van der Waals surface area contributed by atoms with E-state index >= 15 is 0 Å². The highest BCUT2D eigenvalue weighted by Gasteiger charge is 2.15. The second-order valence-electron chi connectivity index (χ2n) is 5.95. The van der Waals surface area contributed by atoms with E-state index in [1.54, 1.807) is 4.68 Å². The average molecular weight is 390 g/mol. The highest BCUT2D eigenvalue weighted by atomic mass is 32.2. The molecule has 0 radical (unpaired) electrons. The van der Waals surface area contributed by atoms with Gasteiger partial charge in [0, 0.05) is 18.2 Å². The van der Waals surface area contributed by atoms with Gasteiger partial charge in [0.25, 0.3) is 0 Å². The van der Waals surface area contributed by atoms with E-state index in [2.05, 4.69) is 25.3 Å². The minimum Gasteiger partial charge on any atom is -0.454 e. The number of aromatic nitrogens is 6. The third kappa shape index (κ3) is 3.86. The van der Waals surface area contributed by atoms with Crippen LogP contribution in [0.15, 0.2) is 65.8 Å². The van der Waals surface area contributed by atoms with Crippen molar-refractivity contribution in [3.63, 3.8) is 0 Å². The van der Waals surface area contributed by atoms with Gasteiger partial charge < -0.3 is 4.74 Å². The van der Waals surface area contributed by atoms with E-state index in [-0.39, 0.29) is 12.6 Å². The molecule has 0 atom stereocenters. The lowest BCUT2D eigenvalue weighted by molar-refractivity contribution is 0.268. The molecule has 2 heterocycles. The molecule has 0 bridgehead atoms. The summed E-state index contributed by atoms with van der Waals surface area (Å²) in [5.74, 6) is 0.573. The summed E-state index contributed by atoms with van der Waals surface area (Å²) in [6.45, 7) is 0.176. The van der Waals surface area contributed by atoms with E-state index in [4.69, 9.17) is 4.74 Å². The first kappa shape index (κ1) is 18.1. The Morgan fingerprint density at radius 1 is 0.857 bits per heavy atom. The molecule has 0 aliphatic rings. The largest absolute Gasteiger partial charge is 0.454 e. The standard InChI is InChI=1S/C20H18N6OS/c1-26-20(28-2)21-16(25-26)13-27-19-22-17(14-9-5-3-6-10-14)18(23-24-19)15-11-7-4-8-12-15/h3-12H,13H2,1-2H3. The molecule has 0 amide bonds. The number of thioether (sulfide) groups is 1. The topological polar surface area (TPSA) is 78.6 Å². The maximum atomic E-state index is 5.73. The lowest BCUT2D eigenvalue weighted by atomic mass is 10.0. The highest BCUT2D eigenvalue weighted by Crippen LogP contribution is 2.29. The Bertz CT molecular complexity index is 1070. The zero-order valence-electron chi connectivity index (χ0n) is 15.5. The van der Waals surface area contributed by atoms with E-state index in [0.717, 1.165) is 22.0 Å². The Hall–Kier alpha value is -3.26. The highest BCUT2D eigenvalue weighted by molar-refractivity contribution is 7.98. The van der Waals surface area contributed by atoms with Gasteiger partial charge in [-0.15, -0.1) is 5.10 Å². The summed E-state index contributed by atoms with van der Waals surface area (Å²) >= 11 is 1.53. The molecule has 0 saturated carbocycles. The van der Waals surface area contributed by atoms with Gasteiger partial charge in [-0.25, -0.2) is 9.67 Å². The molecule has 2 aromatic heterocycles. The van der Waals surface area contributed by atoms with Crippen molar-refractivity contribution in [2.45, 2.75) is 11.8 Å². The summed E-state index contributed by atoms with van der Waals surface area (Å²) in [6, 6.07) is 19.9. The number of hydrogen-bond donors (Lipinski definition) is 0. The Labute approximate surface area is 166 Å². The van der Waals surface area contributed by atoms with E-state index in [9.17, 15) is 0 Å². The molecule has 2 aromatic carbocycles. The molecule has 28 heavy (non-hydrogen) atoms. The molecule has 0 fully saturated rings. The summed E-state index contributed by atoms with van der Waals surface area (Å²) in [4.78, 5) is 9.02. The van der Waals surface area contributed by atoms with Crippen molar-refractivity contribution in [1.29, 1.82) is 0 Å². The molecular formula is C20H18N6OS. The normalized spacial score (nSPS) is 10.8. The molecule has 7 nitrogen and oxygen atoms in total. The van der Waals surface area contributed by atoms with Gasteiger partial charge in [-0.05, 0) is 6.26 Å². The number of benzene rings is 2. The predicted molar refractivity (Wildman–Crippen MR) is 108 cm³/mol. The molecule has 4 aromatic rings. The van der Waals surface area contributed by atoms with Crippen LogP contribution in [-0.4, -0.2) is 36.2 Å². The van der Waals surface area contributed by atoms with Crippen molar-refractivity contribution in [2.75, 3.05) is 6.26 Å². The lowest BCUT2D eigenvalue weighted by Crippen LogP contribution is -2.05. The van der Waals surface area contributed by atoms with E-state index < -0.39 is 0 Å². The number of hydrogen-bond acceptors (Lipinski definition) is 7. The summed E-state index contributed by atoms with van der Waals surface area (Å²) in [5.41, 5.74) is 3.32. The van der Waals surface area contributed by atoms with Crippen LogP contribution in [0.2, 0.25) is 0 Å². The Morgan fingerprint density at radius 2 is 1.50 bits per heavy atom. The molecule has 140 valence electrons. The molecule has 0 unspecified atom stereocenters. The first-order chi connectivity index (χ1) is 13.7. The number of nitrogens with zero attached hydrogens (tertiary/aromatic N) is 6. The van der Waals surface area contributed by atoms with Crippen LogP contribution in [0, 0.1) is 0 Å². The van der Waals surface area contributed by atoms with Gasteiger partial charge in [0.1, 0.15) is 11.4 Å². The minimum absolute atomic E-state index is 0.176. The first-order valence-electron chi connectivity index (χ1n) is 8.67. The summed E-state index contributed by atoms with van der Waals surface area (Å²) in [5, 5.41) is 13.7. The number of ether oxygens (including phenoxy) is 1. The van der Waals surface area contributed by atoms with Crippen molar-refractivity contribution in [3.8, 4) is 28.5 Å². The fourth-order valence-electron chi connectivity index (χ4n) is 2.75. The van der Waals surface area contributed by atoms with Crippen molar-refractivity contribution in [3.05, 3.63) is 66.5 Å². The maximum absolute atomic E-state index is 5.73. The van der Waals surface area contributed by atoms with Crippen LogP contribution in [0.25, 0.3) is 22.5 Å². The molecule has 0 aliphatic carbocycles. The van der Waals surface area contributed by atoms with Gasteiger partial charge >= 0.3 is 6.01 Å². The zero-order valence-corrected chi connectivity index (χ0v) is 16.3. The third-order valence-corrected chi connectivity index (χ3v) is 4.76. The third-order valence-electron chi connectivity index (χ3n) is 4.04. The van der Waals surface area contributed by atoms with Crippen LogP contribution >= 0.6 is 11.8 Å². The van der Waals surface area contributed by atoms with Crippen LogP contribution in [-0.2, 0) is 13.7 Å². The molecular weight excluding hydrogens is 372 g/mol. The number of aryl methyl sites for hydroxylation is 1. The predicted octanol–water partition coefficient (Wildman–Crippen LogP) is 3.64. The van der Waals surface area contributed by atoms with Gasteiger partial charge in [0.05, 0.1) is 0 Å². The van der Waals surface area contributed by atoms with Gasteiger partial charge in [-0.2, -0.15) is 10.1 Å². The average Bonchev–Trinajstić information content (AvgIpc) is 3.13. The van der Waals surface area contributed by atoms with Crippen molar-refractivity contribution in [2.24, 2.45) is 7.05 Å². The fraction of sp³-hybridized carbons (Fsp3) is 0.150. The first-order valence-corrected chi connectivity index (χ1v) is 9.89. The van der Waals surface area contributed by atoms with Crippen molar-refractivity contribution >= 4 is 11.8 Å². The van der Waals surface area contributed by atoms with Gasteiger partial charge in [0.15, 0.2) is 17.6 Å². The SMILES string of the molecule is CSc1nc(COc2nnc(-c3ccccc3)c(-c3ccccc3)n2)nn1C. The fourth-order valence-corrected chi connectivity index (χ4v) is 3.25. The minimum atomic E-state index is 0.176. The molecule has 0 saturated heterocycles. The summed E-state index contributed by atoms with van der Waals surface area (Å²) in [7, 11) is 1.85. The molecule has 0 aliphatic heterocycles. The molecule has 0 N–H and O–H groups in total. The van der Waals surface area contributed by atoms with E-state index in [0.29, 0.717) is 11.5 Å². The Morgan fingerprint density at radius 3 is 2.11 bits per heavy atom. The second kappa shape index (κ2) is 8.18. The van der Waals surface area contributed by atoms with E-state index in [1.165, 1.54) is 11.8 Å². The monoisotopic (exact) mass is 390 g/mol. The Balaban J connectivity index is 1.66. The van der Waals surface area contributed by atoms with Gasteiger partial charge in [0.2, 0.25) is 0 Å². The lowest BCUT2D eigenvalue weighted by Gasteiger charge is -2.09. The number of rotatable bonds is 6. The smallest absolute Gasteiger partial charge is 0.336 e. The molecule has 4 rings (SSSR count). The van der Waals surface area contributed by atoms with E-state index in [1.807, 2.05) is 74.0 Å². The van der Waals surface area contributed by atoms with Crippen LogP contribution in [0.4, 0.5) is 0 Å². The van der Waals surface area contributed by atoms with Crippen LogP contribution in [0.1, 0.15) is 5.82 Å². The van der Waals surface area contributed by atoms with Gasteiger partial charge in [-0.1, -0.05) is 77.5 Å². The second-order valence-corrected chi connectivity index (χ2v) is 6.72. The van der Waals surface area contributed by atoms with Gasteiger partial charge in [-0.3, -0.25) is 0 Å². The van der Waals surface area contributed by atoms with Crippen molar-refractivity contribution < 1.29 is 4.74 Å². The van der Waals surface area contributed by atoms with Crippen LogP contribution < -0.4 is 4.74 Å². The molecule has 8 heteroatoms. The van der Waals surface area contributed by atoms with Crippen LogP contribution in [0.5, 0.6) is 6.01 Å². The summed E-state index contributed by atoms with van der Waals surface area (Å²) in [6.07, 6.45) is 1.95. The summed E-state index contributed by atoms with van der Waals surface area (Å²) < 4.78 is 7.44. The zero-order chi connectivity index (χ0) is 19.3.